The van der Waals surface area contributed by atoms with Gasteiger partial charge in [0.1, 0.15) is 5.75 Å². The zero-order chi connectivity index (χ0) is 12.3. The summed E-state index contributed by atoms with van der Waals surface area (Å²) in [6.45, 7) is 4.31. The third-order valence-corrected chi connectivity index (χ3v) is 3.15. The van der Waals surface area contributed by atoms with Gasteiger partial charge in [-0.15, -0.1) is 0 Å². The molecule has 0 amide bonds. The second-order valence-corrected chi connectivity index (χ2v) is 4.22. The average Bonchev–Trinajstić information content (AvgIpc) is 2.38. The number of phenolic OH excluding ortho intramolecular Hbond substituents is 1. The van der Waals surface area contributed by atoms with E-state index in [4.69, 9.17) is 0 Å². The second-order valence-electron chi connectivity index (χ2n) is 4.22. The topological polar surface area (TPSA) is 20.2 Å². The van der Waals surface area contributed by atoms with Gasteiger partial charge in [0.2, 0.25) is 0 Å². The highest BCUT2D eigenvalue weighted by Gasteiger charge is 2.08. The SMILES string of the molecule is CCc1ccc(-c2ccccc2O)c(CC)c1. The van der Waals surface area contributed by atoms with Crippen LogP contribution in [0.3, 0.4) is 0 Å². The van der Waals surface area contributed by atoms with Crippen LogP contribution < -0.4 is 0 Å². The number of phenols is 1. The van der Waals surface area contributed by atoms with Crippen LogP contribution in [0.5, 0.6) is 5.75 Å². The number of aromatic hydroxyl groups is 1. The minimum Gasteiger partial charge on any atom is -0.507 e. The van der Waals surface area contributed by atoms with Gasteiger partial charge in [0.05, 0.1) is 0 Å². The van der Waals surface area contributed by atoms with Gasteiger partial charge in [-0.25, -0.2) is 0 Å². The number of rotatable bonds is 3. The number of benzene rings is 2. The molecular formula is C16H18O. The molecule has 0 atom stereocenters. The van der Waals surface area contributed by atoms with E-state index in [9.17, 15) is 5.11 Å². The van der Waals surface area contributed by atoms with Gasteiger partial charge in [-0.05, 0) is 35.6 Å². The van der Waals surface area contributed by atoms with E-state index in [-0.39, 0.29) is 0 Å². The summed E-state index contributed by atoms with van der Waals surface area (Å²) >= 11 is 0. The Balaban J connectivity index is 2.56. The highest BCUT2D eigenvalue weighted by Crippen LogP contribution is 2.32. The van der Waals surface area contributed by atoms with Crippen LogP contribution in [0.4, 0.5) is 0 Å². The fourth-order valence-electron chi connectivity index (χ4n) is 2.12. The highest BCUT2D eigenvalue weighted by molar-refractivity contribution is 5.73. The highest BCUT2D eigenvalue weighted by atomic mass is 16.3. The van der Waals surface area contributed by atoms with Crippen LogP contribution in [0.15, 0.2) is 42.5 Å². The Morgan fingerprint density at radius 2 is 1.65 bits per heavy atom. The van der Waals surface area contributed by atoms with E-state index >= 15 is 0 Å². The Bertz CT molecular complexity index is 515. The fourth-order valence-corrected chi connectivity index (χ4v) is 2.12. The Morgan fingerprint density at radius 1 is 0.882 bits per heavy atom. The van der Waals surface area contributed by atoms with Crippen molar-refractivity contribution in [3.63, 3.8) is 0 Å². The molecule has 1 N–H and O–H groups in total. The monoisotopic (exact) mass is 226 g/mol. The van der Waals surface area contributed by atoms with Gasteiger partial charge in [0.15, 0.2) is 0 Å². The number of hydrogen-bond donors (Lipinski definition) is 1. The van der Waals surface area contributed by atoms with Crippen LogP contribution in [-0.4, -0.2) is 5.11 Å². The first kappa shape index (κ1) is 11.7. The largest absolute Gasteiger partial charge is 0.507 e. The normalized spacial score (nSPS) is 10.5. The van der Waals surface area contributed by atoms with Crippen molar-refractivity contribution in [1.29, 1.82) is 0 Å². The van der Waals surface area contributed by atoms with E-state index < -0.39 is 0 Å². The summed E-state index contributed by atoms with van der Waals surface area (Å²) in [4.78, 5) is 0. The van der Waals surface area contributed by atoms with Gasteiger partial charge in [-0.3, -0.25) is 0 Å². The lowest BCUT2D eigenvalue weighted by Crippen LogP contribution is -1.91. The summed E-state index contributed by atoms with van der Waals surface area (Å²) in [6.07, 6.45) is 2.03. The first-order chi connectivity index (χ1) is 8.26. The fraction of sp³-hybridized carbons (Fsp3) is 0.250. The minimum absolute atomic E-state index is 0.353. The maximum atomic E-state index is 9.91. The van der Waals surface area contributed by atoms with Crippen LogP contribution in [0.1, 0.15) is 25.0 Å². The second kappa shape index (κ2) is 5.05. The Kier molecular flexibility index (Phi) is 3.48. The predicted octanol–water partition coefficient (Wildman–Crippen LogP) is 4.18. The summed E-state index contributed by atoms with van der Waals surface area (Å²) in [5.74, 6) is 0.353. The third-order valence-electron chi connectivity index (χ3n) is 3.15. The minimum atomic E-state index is 0.353. The summed E-state index contributed by atoms with van der Waals surface area (Å²) in [5.41, 5.74) is 4.71. The van der Waals surface area contributed by atoms with Crippen molar-refractivity contribution in [1.82, 2.24) is 0 Å². The Morgan fingerprint density at radius 3 is 2.29 bits per heavy atom. The van der Waals surface area contributed by atoms with Crippen molar-refractivity contribution in [3.8, 4) is 16.9 Å². The van der Waals surface area contributed by atoms with Crippen molar-refractivity contribution in [2.45, 2.75) is 26.7 Å². The summed E-state index contributed by atoms with van der Waals surface area (Å²) < 4.78 is 0. The molecule has 0 spiro atoms. The number of para-hydroxylation sites is 1. The zero-order valence-electron chi connectivity index (χ0n) is 10.4. The van der Waals surface area contributed by atoms with Crippen LogP contribution >= 0.6 is 0 Å². The van der Waals surface area contributed by atoms with E-state index in [1.54, 1.807) is 6.07 Å². The molecule has 0 aliphatic rings. The van der Waals surface area contributed by atoms with Crippen LogP contribution in [0, 0.1) is 0 Å². The summed E-state index contributed by atoms with van der Waals surface area (Å²) in [5, 5.41) is 9.91. The first-order valence-corrected chi connectivity index (χ1v) is 6.16. The molecule has 1 nitrogen and oxygen atoms in total. The molecule has 1 heteroatoms. The molecule has 88 valence electrons. The molecule has 0 saturated heterocycles. The predicted molar refractivity (Wildman–Crippen MR) is 72.3 cm³/mol. The smallest absolute Gasteiger partial charge is 0.123 e. The van der Waals surface area contributed by atoms with E-state index in [1.165, 1.54) is 11.1 Å². The molecule has 17 heavy (non-hydrogen) atoms. The molecule has 0 saturated carbocycles. The van der Waals surface area contributed by atoms with Gasteiger partial charge in [-0.1, -0.05) is 50.2 Å². The molecule has 0 heterocycles. The van der Waals surface area contributed by atoms with E-state index in [0.29, 0.717) is 5.75 Å². The molecule has 2 rings (SSSR count). The van der Waals surface area contributed by atoms with Gasteiger partial charge in [-0.2, -0.15) is 0 Å². The van der Waals surface area contributed by atoms with Gasteiger partial charge < -0.3 is 5.11 Å². The van der Waals surface area contributed by atoms with Crippen LogP contribution in [0.25, 0.3) is 11.1 Å². The summed E-state index contributed by atoms with van der Waals surface area (Å²) in [6, 6.07) is 14.0. The molecule has 0 aliphatic carbocycles. The van der Waals surface area contributed by atoms with Gasteiger partial charge in [0, 0.05) is 5.56 Å². The Hall–Kier alpha value is -1.76. The van der Waals surface area contributed by atoms with Crippen molar-refractivity contribution in [3.05, 3.63) is 53.6 Å². The van der Waals surface area contributed by atoms with Crippen molar-refractivity contribution in [2.75, 3.05) is 0 Å². The lowest BCUT2D eigenvalue weighted by Gasteiger charge is -2.11. The lowest BCUT2D eigenvalue weighted by molar-refractivity contribution is 0.477. The van der Waals surface area contributed by atoms with Gasteiger partial charge in [0.25, 0.3) is 0 Å². The van der Waals surface area contributed by atoms with Crippen molar-refractivity contribution >= 4 is 0 Å². The molecular weight excluding hydrogens is 208 g/mol. The molecule has 2 aromatic rings. The maximum absolute atomic E-state index is 9.91. The van der Waals surface area contributed by atoms with Gasteiger partial charge >= 0.3 is 0 Å². The number of aryl methyl sites for hydroxylation is 2. The van der Waals surface area contributed by atoms with E-state index in [1.807, 2.05) is 18.2 Å². The average molecular weight is 226 g/mol. The number of hydrogen-bond acceptors (Lipinski definition) is 1. The van der Waals surface area contributed by atoms with Crippen LogP contribution in [-0.2, 0) is 12.8 Å². The molecule has 0 unspecified atom stereocenters. The quantitative estimate of drug-likeness (QED) is 0.832. The van der Waals surface area contributed by atoms with Crippen LogP contribution in [0.2, 0.25) is 0 Å². The molecule has 0 radical (unpaired) electrons. The van der Waals surface area contributed by atoms with E-state index in [2.05, 4.69) is 32.0 Å². The maximum Gasteiger partial charge on any atom is 0.123 e. The van der Waals surface area contributed by atoms with E-state index in [0.717, 1.165) is 24.0 Å². The molecule has 0 fully saturated rings. The lowest BCUT2D eigenvalue weighted by atomic mass is 9.95. The summed E-state index contributed by atoms with van der Waals surface area (Å²) in [7, 11) is 0. The molecule has 0 aliphatic heterocycles. The zero-order valence-corrected chi connectivity index (χ0v) is 10.4. The molecule has 2 aromatic carbocycles. The first-order valence-electron chi connectivity index (χ1n) is 6.16. The molecule has 0 aromatic heterocycles. The van der Waals surface area contributed by atoms with Crippen molar-refractivity contribution < 1.29 is 5.11 Å². The van der Waals surface area contributed by atoms with Crippen molar-refractivity contribution in [2.24, 2.45) is 0 Å². The standard InChI is InChI=1S/C16H18O/c1-3-12-9-10-14(13(4-2)11-12)15-7-5-6-8-16(15)17/h5-11,17H,3-4H2,1-2H3. The Labute approximate surface area is 103 Å². The third kappa shape index (κ3) is 2.33. The molecule has 0 bridgehead atoms.